The molecule has 0 saturated carbocycles. The fourth-order valence-electron chi connectivity index (χ4n) is 2.70. The Labute approximate surface area is 120 Å². The number of hydrogen-bond acceptors (Lipinski definition) is 3. The third-order valence-corrected chi connectivity index (χ3v) is 3.71. The molecule has 1 rings (SSSR count). The number of rotatable bonds is 9. The van der Waals surface area contributed by atoms with Crippen LogP contribution >= 0.6 is 0 Å². The standard InChI is InChI=1S/C16H34N2O/c1-4-10-18-11-5-7-16(8-12-18)17-9-6-13-19-14-15(2)3/h15-17H,4-14H2,1-3H3. The summed E-state index contributed by atoms with van der Waals surface area (Å²) >= 11 is 0. The highest BCUT2D eigenvalue weighted by atomic mass is 16.5. The first kappa shape index (κ1) is 16.9. The van der Waals surface area contributed by atoms with Crippen LogP contribution in [0.3, 0.4) is 0 Å². The van der Waals surface area contributed by atoms with Crippen molar-refractivity contribution in [3.05, 3.63) is 0 Å². The summed E-state index contributed by atoms with van der Waals surface area (Å²) < 4.78 is 5.61. The highest BCUT2D eigenvalue weighted by molar-refractivity contribution is 4.74. The second kappa shape index (κ2) is 10.6. The van der Waals surface area contributed by atoms with E-state index in [1.54, 1.807) is 0 Å². The van der Waals surface area contributed by atoms with Gasteiger partial charge in [-0.1, -0.05) is 20.8 Å². The van der Waals surface area contributed by atoms with E-state index in [0.29, 0.717) is 5.92 Å². The number of ether oxygens (including phenoxy) is 1. The Morgan fingerprint density at radius 1 is 1.26 bits per heavy atom. The van der Waals surface area contributed by atoms with Gasteiger partial charge in [-0.05, 0) is 64.2 Å². The SMILES string of the molecule is CCCN1CCCC(NCCCOCC(C)C)CC1. The second-order valence-electron chi connectivity index (χ2n) is 6.25. The molecule has 0 amide bonds. The maximum absolute atomic E-state index is 5.61. The van der Waals surface area contributed by atoms with Gasteiger partial charge in [-0.3, -0.25) is 0 Å². The predicted molar refractivity (Wildman–Crippen MR) is 82.6 cm³/mol. The van der Waals surface area contributed by atoms with Gasteiger partial charge in [-0.2, -0.15) is 0 Å². The smallest absolute Gasteiger partial charge is 0.0489 e. The van der Waals surface area contributed by atoms with Crippen molar-refractivity contribution in [2.45, 2.75) is 58.9 Å². The molecule has 0 aliphatic carbocycles. The van der Waals surface area contributed by atoms with Crippen molar-refractivity contribution in [1.29, 1.82) is 0 Å². The number of nitrogens with one attached hydrogen (secondary N) is 1. The van der Waals surface area contributed by atoms with E-state index in [2.05, 4.69) is 31.0 Å². The number of hydrogen-bond donors (Lipinski definition) is 1. The summed E-state index contributed by atoms with van der Waals surface area (Å²) in [5, 5.41) is 3.71. The summed E-state index contributed by atoms with van der Waals surface area (Å²) in [4.78, 5) is 2.62. The molecule has 0 aromatic carbocycles. The van der Waals surface area contributed by atoms with Crippen molar-refractivity contribution in [2.24, 2.45) is 5.92 Å². The van der Waals surface area contributed by atoms with Gasteiger partial charge < -0.3 is 15.0 Å². The van der Waals surface area contributed by atoms with E-state index in [1.165, 1.54) is 45.3 Å². The summed E-state index contributed by atoms with van der Waals surface area (Å²) in [6.07, 6.45) is 6.43. The van der Waals surface area contributed by atoms with E-state index in [1.807, 2.05) is 0 Å². The molecule has 1 heterocycles. The van der Waals surface area contributed by atoms with E-state index in [0.717, 1.165) is 32.2 Å². The van der Waals surface area contributed by atoms with Crippen molar-refractivity contribution < 1.29 is 4.74 Å². The Morgan fingerprint density at radius 2 is 2.11 bits per heavy atom. The van der Waals surface area contributed by atoms with Gasteiger partial charge in [0.1, 0.15) is 0 Å². The van der Waals surface area contributed by atoms with E-state index < -0.39 is 0 Å². The van der Waals surface area contributed by atoms with Crippen LogP contribution in [0.2, 0.25) is 0 Å². The Hall–Kier alpha value is -0.120. The van der Waals surface area contributed by atoms with Crippen molar-refractivity contribution in [3.8, 4) is 0 Å². The molecule has 0 radical (unpaired) electrons. The number of likely N-dealkylation sites (tertiary alicyclic amines) is 1. The summed E-state index contributed by atoms with van der Waals surface area (Å²) in [5.41, 5.74) is 0. The molecule has 1 saturated heterocycles. The molecule has 3 heteroatoms. The molecular weight excluding hydrogens is 236 g/mol. The summed E-state index contributed by atoms with van der Waals surface area (Å²) in [6.45, 7) is 13.4. The van der Waals surface area contributed by atoms with Crippen LogP contribution in [0.5, 0.6) is 0 Å². The minimum Gasteiger partial charge on any atom is -0.381 e. The first-order valence-corrected chi connectivity index (χ1v) is 8.25. The van der Waals surface area contributed by atoms with Gasteiger partial charge in [-0.15, -0.1) is 0 Å². The maximum atomic E-state index is 5.61. The molecule has 1 N–H and O–H groups in total. The molecule has 1 aliphatic rings. The average molecular weight is 270 g/mol. The molecule has 0 aromatic heterocycles. The lowest BCUT2D eigenvalue weighted by Crippen LogP contribution is -2.32. The van der Waals surface area contributed by atoms with E-state index >= 15 is 0 Å². The van der Waals surface area contributed by atoms with Crippen molar-refractivity contribution in [3.63, 3.8) is 0 Å². The molecule has 3 nitrogen and oxygen atoms in total. The quantitative estimate of drug-likeness (QED) is 0.652. The molecule has 1 atom stereocenters. The van der Waals surface area contributed by atoms with Crippen LogP contribution in [0.1, 0.15) is 52.9 Å². The number of nitrogens with zero attached hydrogens (tertiary/aromatic N) is 1. The third kappa shape index (κ3) is 8.61. The summed E-state index contributed by atoms with van der Waals surface area (Å²) in [5.74, 6) is 0.652. The molecular formula is C16H34N2O. The van der Waals surface area contributed by atoms with E-state index in [9.17, 15) is 0 Å². The maximum Gasteiger partial charge on any atom is 0.0489 e. The van der Waals surface area contributed by atoms with E-state index in [-0.39, 0.29) is 0 Å². The van der Waals surface area contributed by atoms with Gasteiger partial charge in [0.05, 0.1) is 0 Å². The normalized spacial score (nSPS) is 21.8. The minimum absolute atomic E-state index is 0.652. The molecule has 0 spiro atoms. The van der Waals surface area contributed by atoms with Crippen molar-refractivity contribution in [1.82, 2.24) is 10.2 Å². The fourth-order valence-corrected chi connectivity index (χ4v) is 2.70. The van der Waals surface area contributed by atoms with Crippen LogP contribution < -0.4 is 5.32 Å². The molecule has 1 unspecified atom stereocenters. The van der Waals surface area contributed by atoms with Gasteiger partial charge >= 0.3 is 0 Å². The Kier molecular flexibility index (Phi) is 9.48. The highest BCUT2D eigenvalue weighted by Crippen LogP contribution is 2.11. The second-order valence-corrected chi connectivity index (χ2v) is 6.25. The molecule has 114 valence electrons. The van der Waals surface area contributed by atoms with Crippen molar-refractivity contribution in [2.75, 3.05) is 39.4 Å². The minimum atomic E-state index is 0.652. The molecule has 0 bridgehead atoms. The Morgan fingerprint density at radius 3 is 2.84 bits per heavy atom. The summed E-state index contributed by atoms with van der Waals surface area (Å²) in [6, 6.07) is 0.729. The monoisotopic (exact) mass is 270 g/mol. The average Bonchev–Trinajstić information content (AvgIpc) is 2.59. The molecule has 1 fully saturated rings. The zero-order valence-corrected chi connectivity index (χ0v) is 13.3. The fraction of sp³-hybridized carbons (Fsp3) is 1.00. The molecule has 1 aliphatic heterocycles. The van der Waals surface area contributed by atoms with Crippen LogP contribution in [-0.2, 0) is 4.74 Å². The van der Waals surface area contributed by atoms with Gasteiger partial charge in [0.2, 0.25) is 0 Å². The molecule has 0 aromatic rings. The third-order valence-electron chi connectivity index (χ3n) is 3.71. The lowest BCUT2D eigenvalue weighted by molar-refractivity contribution is 0.107. The van der Waals surface area contributed by atoms with Gasteiger partial charge in [-0.25, -0.2) is 0 Å². The van der Waals surface area contributed by atoms with Crippen LogP contribution in [0.15, 0.2) is 0 Å². The Bertz CT molecular complexity index is 209. The summed E-state index contributed by atoms with van der Waals surface area (Å²) in [7, 11) is 0. The zero-order chi connectivity index (χ0) is 13.9. The van der Waals surface area contributed by atoms with Crippen LogP contribution in [0.4, 0.5) is 0 Å². The Balaban J connectivity index is 2.00. The largest absolute Gasteiger partial charge is 0.381 e. The molecule has 19 heavy (non-hydrogen) atoms. The zero-order valence-electron chi connectivity index (χ0n) is 13.3. The lowest BCUT2D eigenvalue weighted by Gasteiger charge is -2.19. The van der Waals surface area contributed by atoms with Crippen molar-refractivity contribution >= 4 is 0 Å². The van der Waals surface area contributed by atoms with Gasteiger partial charge in [0.25, 0.3) is 0 Å². The predicted octanol–water partition coefficient (Wildman–Crippen LogP) is 2.90. The van der Waals surface area contributed by atoms with Crippen LogP contribution in [0.25, 0.3) is 0 Å². The topological polar surface area (TPSA) is 24.5 Å². The highest BCUT2D eigenvalue weighted by Gasteiger charge is 2.15. The van der Waals surface area contributed by atoms with Crippen LogP contribution in [0, 0.1) is 5.92 Å². The van der Waals surface area contributed by atoms with E-state index in [4.69, 9.17) is 4.74 Å². The van der Waals surface area contributed by atoms with Gasteiger partial charge in [0, 0.05) is 19.3 Å². The van der Waals surface area contributed by atoms with Crippen LogP contribution in [-0.4, -0.2) is 50.3 Å². The van der Waals surface area contributed by atoms with Gasteiger partial charge in [0.15, 0.2) is 0 Å². The first-order chi connectivity index (χ1) is 9.22. The lowest BCUT2D eigenvalue weighted by atomic mass is 10.1. The first-order valence-electron chi connectivity index (χ1n) is 8.25.